The highest BCUT2D eigenvalue weighted by Gasteiger charge is 2.32. The van der Waals surface area contributed by atoms with Crippen LogP contribution in [-0.2, 0) is 25.6 Å². The van der Waals surface area contributed by atoms with Crippen molar-refractivity contribution >= 4 is 22.9 Å². The van der Waals surface area contributed by atoms with Crippen LogP contribution in [0.1, 0.15) is 22.5 Å². The zero-order chi connectivity index (χ0) is 14.8. The van der Waals surface area contributed by atoms with Crippen molar-refractivity contribution < 1.29 is 28.2 Å². The highest BCUT2D eigenvalue weighted by Crippen LogP contribution is 2.27. The summed E-state index contributed by atoms with van der Waals surface area (Å²) in [6.45, 7) is 0.485. The maximum absolute atomic E-state index is 12.2. The van der Waals surface area contributed by atoms with E-state index in [4.69, 9.17) is 18.6 Å². The second-order valence-electron chi connectivity index (χ2n) is 4.69. The predicted molar refractivity (Wildman–Crippen MR) is 71.7 cm³/mol. The summed E-state index contributed by atoms with van der Waals surface area (Å²) in [6.07, 6.45) is -0.495. The quantitative estimate of drug-likeness (QED) is 0.802. The fourth-order valence-electron chi connectivity index (χ4n) is 2.32. The number of methoxy groups -OCH3 is 1. The number of carbonyl (C=O) groups excluding carboxylic acids is 2. The summed E-state index contributed by atoms with van der Waals surface area (Å²) in [4.78, 5) is 23.6. The first-order valence-electron chi connectivity index (χ1n) is 6.57. The molecule has 6 nitrogen and oxygen atoms in total. The van der Waals surface area contributed by atoms with Crippen LogP contribution < -0.4 is 0 Å². The molecule has 0 aliphatic carbocycles. The number of esters is 2. The average Bonchev–Trinajstić information content (AvgIpc) is 3.04. The third-order valence-electron chi connectivity index (χ3n) is 3.31. The Bertz CT molecular complexity index is 687. The van der Waals surface area contributed by atoms with Crippen LogP contribution in [0.3, 0.4) is 0 Å². The zero-order valence-electron chi connectivity index (χ0n) is 11.5. The first kappa shape index (κ1) is 13.6. The number of hydrogen-bond donors (Lipinski definition) is 0. The van der Waals surface area contributed by atoms with Crippen LogP contribution in [0.4, 0.5) is 0 Å². The average molecular weight is 290 g/mol. The van der Waals surface area contributed by atoms with E-state index in [1.807, 2.05) is 18.2 Å². The van der Waals surface area contributed by atoms with E-state index in [0.717, 1.165) is 5.39 Å². The lowest BCUT2D eigenvalue weighted by Crippen LogP contribution is -2.23. The summed E-state index contributed by atoms with van der Waals surface area (Å²) in [6, 6.07) is 7.26. The van der Waals surface area contributed by atoms with Crippen LogP contribution in [0.2, 0.25) is 0 Å². The molecule has 110 valence electrons. The molecule has 1 atom stereocenters. The number of hydrogen-bond acceptors (Lipinski definition) is 6. The van der Waals surface area contributed by atoms with Gasteiger partial charge in [-0.1, -0.05) is 18.2 Å². The van der Waals surface area contributed by atoms with Crippen molar-refractivity contribution in [2.75, 3.05) is 13.7 Å². The number of rotatable bonds is 4. The smallest absolute Gasteiger partial charge is 0.375 e. The summed E-state index contributed by atoms with van der Waals surface area (Å²) < 4.78 is 20.6. The minimum absolute atomic E-state index is 0.0674. The Balaban J connectivity index is 1.93. The molecule has 1 aliphatic rings. The maximum atomic E-state index is 12.2. The first-order chi connectivity index (χ1) is 10.2. The van der Waals surface area contributed by atoms with Gasteiger partial charge in [0.2, 0.25) is 11.9 Å². The number of para-hydroxylation sites is 1. The largest absolute Gasteiger partial charge is 0.463 e. The molecular weight excluding hydrogens is 276 g/mol. The van der Waals surface area contributed by atoms with E-state index in [-0.39, 0.29) is 19.0 Å². The van der Waals surface area contributed by atoms with Crippen LogP contribution in [-0.4, -0.2) is 31.8 Å². The van der Waals surface area contributed by atoms with E-state index in [1.54, 1.807) is 6.07 Å². The standard InChI is InChI=1S/C15H14O6/c1-18-8-10-9-4-2-3-5-11(9)20-13(10)15(17)21-12-6-7-19-14(12)16/h2-5,12H,6-8H2,1H3. The Morgan fingerprint density at radius 3 is 2.90 bits per heavy atom. The van der Waals surface area contributed by atoms with Gasteiger partial charge in [0.15, 0.2) is 0 Å². The highest BCUT2D eigenvalue weighted by molar-refractivity contribution is 5.97. The van der Waals surface area contributed by atoms with Crippen LogP contribution in [0, 0.1) is 0 Å². The van der Waals surface area contributed by atoms with E-state index >= 15 is 0 Å². The summed E-state index contributed by atoms with van der Waals surface area (Å²) in [7, 11) is 1.53. The van der Waals surface area contributed by atoms with Gasteiger partial charge in [-0.2, -0.15) is 0 Å². The van der Waals surface area contributed by atoms with Gasteiger partial charge in [0.05, 0.1) is 13.2 Å². The second-order valence-corrected chi connectivity index (χ2v) is 4.69. The number of benzene rings is 1. The van der Waals surface area contributed by atoms with Crippen LogP contribution in [0.5, 0.6) is 0 Å². The molecule has 1 fully saturated rings. The second kappa shape index (κ2) is 5.57. The third kappa shape index (κ3) is 2.50. The van der Waals surface area contributed by atoms with Gasteiger partial charge in [0, 0.05) is 24.5 Å². The van der Waals surface area contributed by atoms with Gasteiger partial charge in [0.25, 0.3) is 0 Å². The first-order valence-corrected chi connectivity index (χ1v) is 6.57. The monoisotopic (exact) mass is 290 g/mol. The highest BCUT2D eigenvalue weighted by atomic mass is 16.6. The molecule has 2 aromatic rings. The minimum atomic E-state index is -0.860. The van der Waals surface area contributed by atoms with E-state index in [9.17, 15) is 9.59 Å². The molecule has 21 heavy (non-hydrogen) atoms. The lowest BCUT2D eigenvalue weighted by atomic mass is 10.1. The van der Waals surface area contributed by atoms with Gasteiger partial charge >= 0.3 is 11.9 Å². The lowest BCUT2D eigenvalue weighted by molar-refractivity contribution is -0.145. The molecule has 0 N–H and O–H groups in total. The van der Waals surface area contributed by atoms with Crippen LogP contribution in [0.25, 0.3) is 11.0 Å². The fraction of sp³-hybridized carbons (Fsp3) is 0.333. The Morgan fingerprint density at radius 2 is 2.19 bits per heavy atom. The van der Waals surface area contributed by atoms with Crippen molar-refractivity contribution in [2.24, 2.45) is 0 Å². The Kier molecular flexibility index (Phi) is 3.62. The third-order valence-corrected chi connectivity index (χ3v) is 3.31. The number of fused-ring (bicyclic) bond motifs is 1. The molecule has 0 radical (unpaired) electrons. The van der Waals surface area contributed by atoms with Crippen molar-refractivity contribution in [3.63, 3.8) is 0 Å². The SMILES string of the molecule is COCc1c(C(=O)OC2CCOC2=O)oc2ccccc12. The lowest BCUT2D eigenvalue weighted by Gasteiger charge is -2.07. The van der Waals surface area contributed by atoms with Gasteiger partial charge in [-0.25, -0.2) is 9.59 Å². The normalized spacial score (nSPS) is 18.0. The van der Waals surface area contributed by atoms with Crippen molar-refractivity contribution in [1.29, 1.82) is 0 Å². The molecule has 6 heteroatoms. The minimum Gasteiger partial charge on any atom is -0.463 e. The van der Waals surface area contributed by atoms with Gasteiger partial charge in [-0.15, -0.1) is 0 Å². The predicted octanol–water partition coefficient (Wildman–Crippen LogP) is 2.05. The number of furan rings is 1. The summed E-state index contributed by atoms with van der Waals surface area (Å²) in [5, 5.41) is 0.792. The zero-order valence-corrected chi connectivity index (χ0v) is 11.5. The van der Waals surface area contributed by atoms with Gasteiger partial charge < -0.3 is 18.6 Å². The summed E-state index contributed by atoms with van der Waals surface area (Å²) in [5.74, 6) is -1.13. The molecule has 0 bridgehead atoms. The van der Waals surface area contributed by atoms with Crippen LogP contribution in [0.15, 0.2) is 28.7 Å². The molecule has 0 saturated carbocycles. The van der Waals surface area contributed by atoms with Crippen molar-refractivity contribution in [2.45, 2.75) is 19.1 Å². The molecule has 3 rings (SSSR count). The molecule has 1 aliphatic heterocycles. The number of ether oxygens (including phenoxy) is 3. The Morgan fingerprint density at radius 1 is 1.38 bits per heavy atom. The van der Waals surface area contributed by atoms with Gasteiger partial charge in [-0.3, -0.25) is 0 Å². The van der Waals surface area contributed by atoms with Crippen molar-refractivity contribution in [1.82, 2.24) is 0 Å². The number of cyclic esters (lactones) is 1. The fourth-order valence-corrected chi connectivity index (χ4v) is 2.32. The molecule has 1 unspecified atom stereocenters. The topological polar surface area (TPSA) is 75.0 Å². The Labute approximate surface area is 120 Å². The molecule has 0 amide bonds. The van der Waals surface area contributed by atoms with Crippen molar-refractivity contribution in [3.8, 4) is 0 Å². The van der Waals surface area contributed by atoms with Crippen LogP contribution >= 0.6 is 0 Å². The Hall–Kier alpha value is -2.34. The van der Waals surface area contributed by atoms with Gasteiger partial charge in [-0.05, 0) is 6.07 Å². The van der Waals surface area contributed by atoms with Crippen molar-refractivity contribution in [3.05, 3.63) is 35.6 Å². The summed E-state index contributed by atoms with van der Waals surface area (Å²) in [5.41, 5.74) is 1.19. The molecular formula is C15H14O6. The molecule has 1 aromatic carbocycles. The number of carbonyl (C=O) groups is 2. The van der Waals surface area contributed by atoms with Gasteiger partial charge in [0.1, 0.15) is 5.58 Å². The van der Waals surface area contributed by atoms with E-state index in [0.29, 0.717) is 17.6 Å². The molecule has 1 aromatic heterocycles. The maximum Gasteiger partial charge on any atom is 0.375 e. The van der Waals surface area contributed by atoms with E-state index in [1.165, 1.54) is 7.11 Å². The van der Waals surface area contributed by atoms with E-state index < -0.39 is 18.0 Å². The molecule has 0 spiro atoms. The van der Waals surface area contributed by atoms with E-state index in [2.05, 4.69) is 0 Å². The summed E-state index contributed by atoms with van der Waals surface area (Å²) >= 11 is 0. The molecule has 1 saturated heterocycles. The molecule has 2 heterocycles.